The number of carbonyl (C=O) groups is 1. The van der Waals surface area contributed by atoms with Crippen LogP contribution in [-0.2, 0) is 6.54 Å². The van der Waals surface area contributed by atoms with Crippen LogP contribution in [-0.4, -0.2) is 44.7 Å². The molecule has 1 amide bonds. The van der Waals surface area contributed by atoms with Gasteiger partial charge in [0.05, 0.1) is 30.8 Å². The van der Waals surface area contributed by atoms with Gasteiger partial charge in [0.25, 0.3) is 5.91 Å². The molecule has 0 N–H and O–H groups in total. The average Bonchev–Trinajstić information content (AvgIpc) is 2.73. The van der Waals surface area contributed by atoms with E-state index in [9.17, 15) is 4.79 Å². The Labute approximate surface area is 136 Å². The predicted molar refractivity (Wildman–Crippen MR) is 88.9 cm³/mol. The highest BCUT2D eigenvalue weighted by molar-refractivity contribution is 7.99. The first kappa shape index (κ1) is 16.9. The second-order valence-electron chi connectivity index (χ2n) is 5.60. The van der Waals surface area contributed by atoms with Gasteiger partial charge in [0, 0.05) is 24.0 Å². The SMILES string of the molecule is CCSC1CCCCN(C(=O)c2cnn(CCC#N)c2C)C1. The van der Waals surface area contributed by atoms with Crippen molar-refractivity contribution in [1.29, 1.82) is 5.26 Å². The number of hydrogen-bond acceptors (Lipinski definition) is 4. The zero-order chi connectivity index (χ0) is 15.9. The van der Waals surface area contributed by atoms with E-state index in [-0.39, 0.29) is 5.91 Å². The van der Waals surface area contributed by atoms with Gasteiger partial charge in [-0.3, -0.25) is 9.48 Å². The van der Waals surface area contributed by atoms with Gasteiger partial charge in [0.2, 0.25) is 0 Å². The largest absolute Gasteiger partial charge is 0.337 e. The lowest BCUT2D eigenvalue weighted by molar-refractivity contribution is 0.0762. The molecule has 2 rings (SSSR count). The highest BCUT2D eigenvalue weighted by Crippen LogP contribution is 2.23. The fraction of sp³-hybridized carbons (Fsp3) is 0.688. The molecule has 1 unspecified atom stereocenters. The minimum absolute atomic E-state index is 0.0873. The van der Waals surface area contributed by atoms with Gasteiger partial charge < -0.3 is 4.90 Å². The van der Waals surface area contributed by atoms with Crippen molar-refractivity contribution in [2.24, 2.45) is 0 Å². The van der Waals surface area contributed by atoms with Gasteiger partial charge in [-0.05, 0) is 25.5 Å². The Kier molecular flexibility index (Phi) is 6.32. The third-order valence-electron chi connectivity index (χ3n) is 4.09. The molecule has 2 heterocycles. The molecule has 6 heteroatoms. The molecule has 1 aliphatic rings. The standard InChI is InChI=1S/C16H24N4OS/c1-3-22-14-7-4-5-9-19(12-14)16(21)15-11-18-20(13(15)2)10-6-8-17/h11,14H,3-7,9-10,12H2,1-2H3. The molecule has 1 aromatic rings. The maximum atomic E-state index is 12.8. The Hall–Kier alpha value is -1.48. The molecule has 0 bridgehead atoms. The maximum absolute atomic E-state index is 12.8. The van der Waals surface area contributed by atoms with Crippen LogP contribution in [0.5, 0.6) is 0 Å². The van der Waals surface area contributed by atoms with Crippen LogP contribution < -0.4 is 0 Å². The van der Waals surface area contributed by atoms with Crippen LogP contribution in [0.15, 0.2) is 6.20 Å². The maximum Gasteiger partial charge on any atom is 0.257 e. The van der Waals surface area contributed by atoms with Gasteiger partial charge in [-0.25, -0.2) is 0 Å². The molecule has 0 aliphatic carbocycles. The van der Waals surface area contributed by atoms with Crippen LogP contribution >= 0.6 is 11.8 Å². The summed E-state index contributed by atoms with van der Waals surface area (Å²) < 4.78 is 1.76. The highest BCUT2D eigenvalue weighted by Gasteiger charge is 2.25. The van der Waals surface area contributed by atoms with Gasteiger partial charge in [-0.2, -0.15) is 22.1 Å². The average molecular weight is 320 g/mol. The Morgan fingerprint density at radius 2 is 2.36 bits per heavy atom. The lowest BCUT2D eigenvalue weighted by Crippen LogP contribution is -2.35. The topological polar surface area (TPSA) is 61.9 Å². The molecular formula is C16H24N4OS. The zero-order valence-corrected chi connectivity index (χ0v) is 14.2. The number of aromatic nitrogens is 2. The summed E-state index contributed by atoms with van der Waals surface area (Å²) in [6.45, 7) is 6.30. The van der Waals surface area contributed by atoms with Gasteiger partial charge in [0.15, 0.2) is 0 Å². The van der Waals surface area contributed by atoms with E-state index >= 15 is 0 Å². The van der Waals surface area contributed by atoms with Crippen molar-refractivity contribution in [3.63, 3.8) is 0 Å². The summed E-state index contributed by atoms with van der Waals surface area (Å²) in [5.74, 6) is 1.18. The lowest BCUT2D eigenvalue weighted by Gasteiger charge is -2.24. The van der Waals surface area contributed by atoms with Crippen LogP contribution in [0.4, 0.5) is 0 Å². The summed E-state index contributed by atoms with van der Waals surface area (Å²) in [4.78, 5) is 14.8. The lowest BCUT2D eigenvalue weighted by atomic mass is 10.2. The van der Waals surface area contributed by atoms with Crippen molar-refractivity contribution >= 4 is 17.7 Å². The fourth-order valence-corrected chi connectivity index (χ4v) is 3.96. The van der Waals surface area contributed by atoms with Gasteiger partial charge in [0.1, 0.15) is 0 Å². The van der Waals surface area contributed by atoms with E-state index in [1.807, 2.05) is 23.6 Å². The van der Waals surface area contributed by atoms with Crippen LogP contribution in [0.1, 0.15) is 48.7 Å². The zero-order valence-electron chi connectivity index (χ0n) is 13.4. The number of amides is 1. The first-order chi connectivity index (χ1) is 10.7. The first-order valence-corrected chi connectivity index (χ1v) is 9.02. The number of nitrogens with zero attached hydrogens (tertiary/aromatic N) is 4. The number of likely N-dealkylation sites (tertiary alicyclic amines) is 1. The Balaban J connectivity index is 2.09. The molecule has 1 atom stereocenters. The Bertz CT molecular complexity index is 549. The van der Waals surface area contributed by atoms with E-state index in [1.54, 1.807) is 10.9 Å². The number of hydrogen-bond donors (Lipinski definition) is 0. The van der Waals surface area contributed by atoms with Gasteiger partial charge >= 0.3 is 0 Å². The van der Waals surface area contributed by atoms with Crippen LogP contribution in [0.3, 0.4) is 0 Å². The first-order valence-electron chi connectivity index (χ1n) is 7.97. The number of carbonyl (C=O) groups excluding carboxylic acids is 1. The normalized spacial score (nSPS) is 18.8. The molecule has 1 saturated heterocycles. The molecule has 120 valence electrons. The van der Waals surface area contributed by atoms with Gasteiger partial charge in [-0.15, -0.1) is 0 Å². The van der Waals surface area contributed by atoms with E-state index in [1.165, 1.54) is 12.8 Å². The van der Waals surface area contributed by atoms with E-state index in [4.69, 9.17) is 5.26 Å². The molecule has 22 heavy (non-hydrogen) atoms. The van der Waals surface area contributed by atoms with Crippen molar-refractivity contribution in [2.45, 2.75) is 51.3 Å². The quantitative estimate of drug-likeness (QED) is 0.837. The molecule has 1 fully saturated rings. The van der Waals surface area contributed by atoms with Crippen molar-refractivity contribution in [2.75, 3.05) is 18.8 Å². The summed E-state index contributed by atoms with van der Waals surface area (Å²) in [6.07, 6.45) is 5.54. The third-order valence-corrected chi connectivity index (χ3v) is 5.28. The Morgan fingerprint density at radius 3 is 3.09 bits per heavy atom. The summed E-state index contributed by atoms with van der Waals surface area (Å²) in [6, 6.07) is 2.11. The van der Waals surface area contributed by atoms with Crippen LogP contribution in [0.25, 0.3) is 0 Å². The summed E-state index contributed by atoms with van der Waals surface area (Å²) in [5.41, 5.74) is 1.55. The number of rotatable bonds is 5. The molecule has 0 spiro atoms. The number of thioether (sulfide) groups is 1. The minimum atomic E-state index is 0.0873. The second kappa shape index (κ2) is 8.23. The van der Waals surface area contributed by atoms with Crippen molar-refractivity contribution in [3.8, 4) is 6.07 Å². The van der Waals surface area contributed by atoms with Crippen LogP contribution in [0.2, 0.25) is 0 Å². The molecule has 1 aliphatic heterocycles. The van der Waals surface area contributed by atoms with E-state index in [2.05, 4.69) is 18.1 Å². The fourth-order valence-electron chi connectivity index (χ4n) is 2.87. The molecular weight excluding hydrogens is 296 g/mol. The third kappa shape index (κ3) is 4.04. The Morgan fingerprint density at radius 1 is 1.55 bits per heavy atom. The second-order valence-corrected chi connectivity index (χ2v) is 7.18. The summed E-state index contributed by atoms with van der Waals surface area (Å²) in [5, 5.41) is 13.5. The number of aryl methyl sites for hydroxylation is 1. The molecule has 0 saturated carbocycles. The smallest absolute Gasteiger partial charge is 0.257 e. The monoisotopic (exact) mass is 320 g/mol. The summed E-state index contributed by atoms with van der Waals surface area (Å²) >= 11 is 1.95. The van der Waals surface area contributed by atoms with Crippen molar-refractivity contribution < 1.29 is 4.79 Å². The summed E-state index contributed by atoms with van der Waals surface area (Å²) in [7, 11) is 0. The minimum Gasteiger partial charge on any atom is -0.337 e. The van der Waals surface area contributed by atoms with Crippen LogP contribution in [0, 0.1) is 18.3 Å². The molecule has 0 aromatic carbocycles. The molecule has 0 radical (unpaired) electrons. The number of nitriles is 1. The van der Waals surface area contributed by atoms with Crippen molar-refractivity contribution in [3.05, 3.63) is 17.5 Å². The van der Waals surface area contributed by atoms with E-state index in [0.717, 1.165) is 31.0 Å². The molecule has 5 nitrogen and oxygen atoms in total. The predicted octanol–water partition coefficient (Wildman–Crippen LogP) is 2.85. The van der Waals surface area contributed by atoms with E-state index < -0.39 is 0 Å². The van der Waals surface area contributed by atoms with Gasteiger partial charge in [-0.1, -0.05) is 13.3 Å². The van der Waals surface area contributed by atoms with Crippen molar-refractivity contribution in [1.82, 2.24) is 14.7 Å². The van der Waals surface area contributed by atoms with E-state index in [0.29, 0.717) is 23.8 Å². The highest BCUT2D eigenvalue weighted by atomic mass is 32.2. The molecule has 1 aromatic heterocycles.